The number of nitrogens with zero attached hydrogens (tertiary/aromatic N) is 3. The van der Waals surface area contributed by atoms with Crippen LogP contribution in [0.4, 0.5) is 0 Å². The third-order valence-electron chi connectivity index (χ3n) is 4.66. The van der Waals surface area contributed by atoms with E-state index in [2.05, 4.69) is 46.5 Å². The van der Waals surface area contributed by atoms with Crippen LogP contribution in [0.5, 0.6) is 0 Å². The molecule has 140 valence electrons. The van der Waals surface area contributed by atoms with Gasteiger partial charge in [0.15, 0.2) is 5.69 Å². The zero-order valence-electron chi connectivity index (χ0n) is 16.3. The SMILES string of the molecule is Cc1ccc(C(CNC(=O)c2cc(C)n(-c3ccccc3)n2)N(C)C)cc1. The minimum Gasteiger partial charge on any atom is -0.349 e. The van der Waals surface area contributed by atoms with E-state index in [0.717, 1.165) is 11.4 Å². The van der Waals surface area contributed by atoms with Crippen LogP contribution in [-0.2, 0) is 0 Å². The number of para-hydroxylation sites is 1. The summed E-state index contributed by atoms with van der Waals surface area (Å²) in [6, 6.07) is 20.2. The first kappa shape index (κ1) is 18.9. The molecule has 0 saturated heterocycles. The summed E-state index contributed by atoms with van der Waals surface area (Å²) in [4.78, 5) is 14.8. The average molecular weight is 362 g/mol. The summed E-state index contributed by atoms with van der Waals surface area (Å²) in [5.41, 5.74) is 4.70. The number of aromatic nitrogens is 2. The lowest BCUT2D eigenvalue weighted by Crippen LogP contribution is -2.34. The van der Waals surface area contributed by atoms with E-state index < -0.39 is 0 Å². The Kier molecular flexibility index (Phi) is 5.72. The number of likely N-dealkylation sites (N-methyl/N-ethyl adjacent to an activating group) is 1. The predicted molar refractivity (Wildman–Crippen MR) is 108 cm³/mol. The average Bonchev–Trinajstić information content (AvgIpc) is 3.05. The van der Waals surface area contributed by atoms with E-state index >= 15 is 0 Å². The Morgan fingerprint density at radius 3 is 2.37 bits per heavy atom. The molecule has 5 heteroatoms. The highest BCUT2D eigenvalue weighted by Gasteiger charge is 2.18. The maximum Gasteiger partial charge on any atom is 0.271 e. The van der Waals surface area contributed by atoms with Crippen molar-refractivity contribution in [1.29, 1.82) is 0 Å². The standard InChI is InChI=1S/C22H26N4O/c1-16-10-12-18(13-11-16)21(25(3)4)15-23-22(27)20-14-17(2)26(24-20)19-8-6-5-7-9-19/h5-14,21H,15H2,1-4H3,(H,23,27). The van der Waals surface area contributed by atoms with E-state index in [9.17, 15) is 4.79 Å². The van der Waals surface area contributed by atoms with Crippen LogP contribution < -0.4 is 5.32 Å². The van der Waals surface area contributed by atoms with Crippen molar-refractivity contribution in [3.05, 3.63) is 83.2 Å². The van der Waals surface area contributed by atoms with Crippen LogP contribution in [0.2, 0.25) is 0 Å². The first-order valence-corrected chi connectivity index (χ1v) is 9.09. The normalized spacial score (nSPS) is 12.2. The number of hydrogen-bond acceptors (Lipinski definition) is 3. The molecule has 0 bridgehead atoms. The molecule has 1 heterocycles. The van der Waals surface area contributed by atoms with Gasteiger partial charge in [0, 0.05) is 12.2 Å². The van der Waals surface area contributed by atoms with Crippen LogP contribution in [0.1, 0.15) is 33.4 Å². The highest BCUT2D eigenvalue weighted by molar-refractivity contribution is 5.92. The molecule has 0 spiro atoms. The van der Waals surface area contributed by atoms with Crippen molar-refractivity contribution in [2.24, 2.45) is 0 Å². The Balaban J connectivity index is 1.72. The van der Waals surface area contributed by atoms with Gasteiger partial charge in [0.2, 0.25) is 0 Å². The lowest BCUT2D eigenvalue weighted by molar-refractivity contribution is 0.0936. The van der Waals surface area contributed by atoms with Crippen molar-refractivity contribution < 1.29 is 4.79 Å². The minimum absolute atomic E-state index is 0.104. The van der Waals surface area contributed by atoms with Crippen molar-refractivity contribution in [3.8, 4) is 5.69 Å². The van der Waals surface area contributed by atoms with Gasteiger partial charge in [-0.15, -0.1) is 0 Å². The Labute approximate surface area is 160 Å². The fourth-order valence-corrected chi connectivity index (χ4v) is 3.08. The van der Waals surface area contributed by atoms with Gasteiger partial charge in [-0.2, -0.15) is 5.10 Å². The molecule has 5 nitrogen and oxygen atoms in total. The number of nitrogens with one attached hydrogen (secondary N) is 1. The van der Waals surface area contributed by atoms with E-state index in [-0.39, 0.29) is 11.9 Å². The highest BCUT2D eigenvalue weighted by atomic mass is 16.1. The van der Waals surface area contributed by atoms with Crippen LogP contribution in [0.15, 0.2) is 60.7 Å². The van der Waals surface area contributed by atoms with Crippen molar-refractivity contribution in [2.45, 2.75) is 19.9 Å². The number of hydrogen-bond donors (Lipinski definition) is 1. The summed E-state index contributed by atoms with van der Waals surface area (Å²) in [6.45, 7) is 4.54. The van der Waals surface area contributed by atoms with E-state index in [1.807, 2.05) is 57.4 Å². The van der Waals surface area contributed by atoms with Crippen LogP contribution in [0, 0.1) is 13.8 Å². The van der Waals surface area contributed by atoms with Gasteiger partial charge in [-0.05, 0) is 51.7 Å². The topological polar surface area (TPSA) is 50.2 Å². The van der Waals surface area contributed by atoms with Crippen LogP contribution in [-0.4, -0.2) is 41.2 Å². The van der Waals surface area contributed by atoms with Crippen LogP contribution in [0.25, 0.3) is 5.69 Å². The van der Waals surface area contributed by atoms with Gasteiger partial charge in [-0.25, -0.2) is 4.68 Å². The third kappa shape index (κ3) is 4.44. The summed E-state index contributed by atoms with van der Waals surface area (Å²) in [5.74, 6) is -0.160. The number of amides is 1. The second-order valence-corrected chi connectivity index (χ2v) is 7.02. The molecule has 1 N–H and O–H groups in total. The zero-order valence-corrected chi connectivity index (χ0v) is 16.3. The van der Waals surface area contributed by atoms with Crippen LogP contribution in [0.3, 0.4) is 0 Å². The molecule has 1 atom stereocenters. The molecule has 3 rings (SSSR count). The molecular weight excluding hydrogens is 336 g/mol. The maximum absolute atomic E-state index is 12.6. The smallest absolute Gasteiger partial charge is 0.271 e. The first-order valence-electron chi connectivity index (χ1n) is 9.09. The summed E-state index contributed by atoms with van der Waals surface area (Å²) >= 11 is 0. The summed E-state index contributed by atoms with van der Waals surface area (Å²) in [5, 5.41) is 7.51. The van der Waals surface area contributed by atoms with Gasteiger partial charge in [-0.3, -0.25) is 4.79 Å². The maximum atomic E-state index is 12.6. The molecule has 1 unspecified atom stereocenters. The minimum atomic E-state index is -0.160. The monoisotopic (exact) mass is 362 g/mol. The molecule has 1 aromatic heterocycles. The molecule has 0 radical (unpaired) electrons. The van der Waals surface area contributed by atoms with Gasteiger partial charge < -0.3 is 10.2 Å². The lowest BCUT2D eigenvalue weighted by Gasteiger charge is -2.25. The largest absolute Gasteiger partial charge is 0.349 e. The summed E-state index contributed by atoms with van der Waals surface area (Å²) < 4.78 is 1.79. The Hall–Kier alpha value is -2.92. The summed E-state index contributed by atoms with van der Waals surface area (Å²) in [7, 11) is 4.04. The fourth-order valence-electron chi connectivity index (χ4n) is 3.08. The number of carbonyl (C=O) groups excluding carboxylic acids is 1. The van der Waals surface area contributed by atoms with Crippen molar-refractivity contribution in [2.75, 3.05) is 20.6 Å². The van der Waals surface area contributed by atoms with Gasteiger partial charge in [0.25, 0.3) is 5.91 Å². The molecule has 3 aromatic rings. The van der Waals surface area contributed by atoms with E-state index in [0.29, 0.717) is 12.2 Å². The molecule has 2 aromatic carbocycles. The highest BCUT2D eigenvalue weighted by Crippen LogP contribution is 2.18. The van der Waals surface area contributed by atoms with Crippen molar-refractivity contribution in [1.82, 2.24) is 20.0 Å². The van der Waals surface area contributed by atoms with Gasteiger partial charge >= 0.3 is 0 Å². The molecule has 27 heavy (non-hydrogen) atoms. The molecule has 0 aliphatic carbocycles. The summed E-state index contributed by atoms with van der Waals surface area (Å²) in [6.07, 6.45) is 0. The van der Waals surface area contributed by atoms with Crippen LogP contribution >= 0.6 is 0 Å². The van der Waals surface area contributed by atoms with Gasteiger partial charge in [-0.1, -0.05) is 48.0 Å². The zero-order chi connectivity index (χ0) is 19.4. The van der Waals surface area contributed by atoms with E-state index in [1.54, 1.807) is 4.68 Å². The second kappa shape index (κ2) is 8.18. The fraction of sp³-hybridized carbons (Fsp3) is 0.273. The molecule has 1 amide bonds. The van der Waals surface area contributed by atoms with Crippen molar-refractivity contribution >= 4 is 5.91 Å². The molecule has 0 saturated carbocycles. The third-order valence-corrected chi connectivity index (χ3v) is 4.66. The van der Waals surface area contributed by atoms with E-state index in [4.69, 9.17) is 0 Å². The lowest BCUT2D eigenvalue weighted by atomic mass is 10.0. The molecule has 0 aliphatic rings. The Morgan fingerprint density at radius 2 is 1.74 bits per heavy atom. The molecular formula is C22H26N4O. The number of rotatable bonds is 6. The van der Waals surface area contributed by atoms with Crippen molar-refractivity contribution in [3.63, 3.8) is 0 Å². The number of benzene rings is 2. The predicted octanol–water partition coefficient (Wildman–Crippen LogP) is 3.52. The number of carbonyl (C=O) groups is 1. The first-order chi connectivity index (χ1) is 13.0. The molecule has 0 aliphatic heterocycles. The second-order valence-electron chi connectivity index (χ2n) is 7.02. The Morgan fingerprint density at radius 1 is 1.07 bits per heavy atom. The quantitative estimate of drug-likeness (QED) is 0.730. The van der Waals surface area contributed by atoms with Gasteiger partial charge in [0.05, 0.1) is 11.7 Å². The van der Waals surface area contributed by atoms with E-state index in [1.165, 1.54) is 11.1 Å². The van der Waals surface area contributed by atoms with Gasteiger partial charge in [0.1, 0.15) is 0 Å². The molecule has 0 fully saturated rings. The number of aryl methyl sites for hydroxylation is 2. The Bertz CT molecular complexity index is 898.